The molecule has 1 aromatic carbocycles. The monoisotopic (exact) mass is 284 g/mol. The molecular formula is C17H20N2O2. The van der Waals surface area contributed by atoms with Crippen molar-refractivity contribution in [2.45, 2.75) is 19.8 Å². The minimum Gasteiger partial charge on any atom is -0.466 e. The van der Waals surface area contributed by atoms with Gasteiger partial charge in [0.1, 0.15) is 0 Å². The Hall–Kier alpha value is -2.10. The lowest BCUT2D eigenvalue weighted by atomic mass is 9.96. The molecule has 1 aliphatic rings. The molecule has 0 aliphatic carbocycles. The number of nitrogens with zero attached hydrogens (tertiary/aromatic N) is 2. The average Bonchev–Trinajstić information content (AvgIpc) is 2.55. The Labute approximate surface area is 124 Å². The van der Waals surface area contributed by atoms with Gasteiger partial charge >= 0.3 is 5.97 Å². The van der Waals surface area contributed by atoms with Crippen LogP contribution in [0.3, 0.4) is 0 Å². The molecule has 2 aromatic rings. The molecule has 0 N–H and O–H groups in total. The fraction of sp³-hybridized carbons (Fsp3) is 0.412. The van der Waals surface area contributed by atoms with Crippen molar-refractivity contribution in [3.63, 3.8) is 0 Å². The molecule has 4 nitrogen and oxygen atoms in total. The van der Waals surface area contributed by atoms with Crippen molar-refractivity contribution in [1.82, 2.24) is 4.98 Å². The summed E-state index contributed by atoms with van der Waals surface area (Å²) in [6.07, 6.45) is 3.53. The number of anilines is 1. The van der Waals surface area contributed by atoms with Crippen LogP contribution >= 0.6 is 0 Å². The van der Waals surface area contributed by atoms with Crippen LogP contribution in [0.5, 0.6) is 0 Å². The van der Waals surface area contributed by atoms with E-state index < -0.39 is 0 Å². The molecule has 1 aliphatic heterocycles. The first-order valence-corrected chi connectivity index (χ1v) is 7.55. The number of hydrogen-bond acceptors (Lipinski definition) is 4. The van der Waals surface area contributed by atoms with E-state index in [-0.39, 0.29) is 11.9 Å². The van der Waals surface area contributed by atoms with Crippen molar-refractivity contribution in [2.24, 2.45) is 5.92 Å². The third-order valence-corrected chi connectivity index (χ3v) is 4.07. The Bertz CT molecular complexity index is 628. The summed E-state index contributed by atoms with van der Waals surface area (Å²) < 4.78 is 5.12. The summed E-state index contributed by atoms with van der Waals surface area (Å²) in [5.41, 5.74) is 2.20. The molecule has 0 amide bonds. The minimum atomic E-state index is -0.0480. The van der Waals surface area contributed by atoms with Crippen LogP contribution in [-0.4, -0.2) is 30.6 Å². The molecule has 3 rings (SSSR count). The van der Waals surface area contributed by atoms with E-state index in [0.29, 0.717) is 6.61 Å². The van der Waals surface area contributed by atoms with Crippen LogP contribution in [-0.2, 0) is 9.53 Å². The second-order valence-corrected chi connectivity index (χ2v) is 5.37. The maximum atomic E-state index is 11.8. The van der Waals surface area contributed by atoms with Crippen LogP contribution in [0.2, 0.25) is 0 Å². The highest BCUT2D eigenvalue weighted by molar-refractivity contribution is 5.90. The van der Waals surface area contributed by atoms with Gasteiger partial charge < -0.3 is 9.64 Å². The second-order valence-electron chi connectivity index (χ2n) is 5.37. The van der Waals surface area contributed by atoms with Gasteiger partial charge in [0.15, 0.2) is 0 Å². The van der Waals surface area contributed by atoms with Crippen LogP contribution in [0.15, 0.2) is 36.5 Å². The van der Waals surface area contributed by atoms with Crippen molar-refractivity contribution in [1.29, 1.82) is 0 Å². The van der Waals surface area contributed by atoms with Crippen molar-refractivity contribution in [2.75, 3.05) is 24.6 Å². The number of rotatable bonds is 3. The van der Waals surface area contributed by atoms with Crippen LogP contribution < -0.4 is 4.90 Å². The first-order chi connectivity index (χ1) is 10.3. The molecule has 21 heavy (non-hydrogen) atoms. The van der Waals surface area contributed by atoms with Crippen molar-refractivity contribution < 1.29 is 9.53 Å². The maximum Gasteiger partial charge on any atom is 0.309 e. The van der Waals surface area contributed by atoms with E-state index in [1.54, 1.807) is 0 Å². The van der Waals surface area contributed by atoms with Crippen LogP contribution in [0.4, 0.5) is 5.69 Å². The van der Waals surface area contributed by atoms with Crippen molar-refractivity contribution in [3.8, 4) is 0 Å². The van der Waals surface area contributed by atoms with E-state index >= 15 is 0 Å². The normalized spacial score (nSPS) is 16.1. The van der Waals surface area contributed by atoms with Gasteiger partial charge in [-0.15, -0.1) is 0 Å². The quantitative estimate of drug-likeness (QED) is 0.813. The zero-order valence-corrected chi connectivity index (χ0v) is 12.3. The number of piperidine rings is 1. The van der Waals surface area contributed by atoms with Gasteiger partial charge in [0, 0.05) is 24.7 Å². The molecule has 1 fully saturated rings. The summed E-state index contributed by atoms with van der Waals surface area (Å²) in [5.74, 6) is -0.00247. The number of benzene rings is 1. The predicted molar refractivity (Wildman–Crippen MR) is 83.3 cm³/mol. The lowest BCUT2D eigenvalue weighted by Crippen LogP contribution is -2.37. The Morgan fingerprint density at radius 3 is 2.81 bits per heavy atom. The van der Waals surface area contributed by atoms with E-state index in [0.717, 1.165) is 42.5 Å². The zero-order valence-electron chi connectivity index (χ0n) is 12.3. The second kappa shape index (κ2) is 6.12. The predicted octanol–water partition coefficient (Wildman–Crippen LogP) is 3.01. The maximum absolute atomic E-state index is 11.8. The molecule has 2 heterocycles. The molecule has 0 unspecified atom stereocenters. The Kier molecular flexibility index (Phi) is 4.04. The number of para-hydroxylation sites is 1. The van der Waals surface area contributed by atoms with Gasteiger partial charge in [0.2, 0.25) is 0 Å². The van der Waals surface area contributed by atoms with E-state index in [4.69, 9.17) is 4.74 Å². The number of aromatic nitrogens is 1. The first kappa shape index (κ1) is 13.9. The van der Waals surface area contributed by atoms with E-state index in [1.165, 1.54) is 0 Å². The van der Waals surface area contributed by atoms with Crippen LogP contribution in [0, 0.1) is 5.92 Å². The molecular weight excluding hydrogens is 264 g/mol. The molecule has 1 aromatic heterocycles. The topological polar surface area (TPSA) is 42.4 Å². The third kappa shape index (κ3) is 2.84. The van der Waals surface area contributed by atoms with Crippen LogP contribution in [0.1, 0.15) is 19.8 Å². The SMILES string of the molecule is CCOC(=O)C1CCN(c2cccc3cccnc23)CC1. The number of ether oxygens (including phenoxy) is 1. The fourth-order valence-corrected chi connectivity index (χ4v) is 2.96. The highest BCUT2D eigenvalue weighted by Crippen LogP contribution is 2.29. The molecule has 0 radical (unpaired) electrons. The first-order valence-electron chi connectivity index (χ1n) is 7.55. The molecule has 1 saturated heterocycles. The number of esters is 1. The van der Waals surface area contributed by atoms with Gasteiger partial charge in [0.05, 0.1) is 23.7 Å². The summed E-state index contributed by atoms with van der Waals surface area (Å²) in [6, 6.07) is 10.3. The number of carbonyl (C=O) groups is 1. The number of fused-ring (bicyclic) bond motifs is 1. The molecule has 0 saturated carbocycles. The fourth-order valence-electron chi connectivity index (χ4n) is 2.96. The number of carbonyl (C=O) groups excluding carboxylic acids is 1. The highest BCUT2D eigenvalue weighted by atomic mass is 16.5. The van der Waals surface area contributed by atoms with Gasteiger partial charge in [-0.25, -0.2) is 0 Å². The summed E-state index contributed by atoms with van der Waals surface area (Å²) in [7, 11) is 0. The average molecular weight is 284 g/mol. The molecule has 0 spiro atoms. The lowest BCUT2D eigenvalue weighted by Gasteiger charge is -2.33. The number of pyridine rings is 1. The minimum absolute atomic E-state index is 0.0455. The van der Waals surface area contributed by atoms with Gasteiger partial charge in [-0.3, -0.25) is 9.78 Å². The van der Waals surface area contributed by atoms with E-state index in [9.17, 15) is 4.79 Å². The number of hydrogen-bond donors (Lipinski definition) is 0. The highest BCUT2D eigenvalue weighted by Gasteiger charge is 2.26. The standard InChI is InChI=1S/C17H20N2O2/c1-2-21-17(20)14-8-11-19(12-9-14)15-7-3-5-13-6-4-10-18-16(13)15/h3-7,10,14H,2,8-9,11-12H2,1H3. The zero-order chi connectivity index (χ0) is 14.7. The summed E-state index contributed by atoms with van der Waals surface area (Å²) >= 11 is 0. The Balaban J connectivity index is 1.76. The van der Waals surface area contributed by atoms with Gasteiger partial charge in [-0.1, -0.05) is 18.2 Å². The largest absolute Gasteiger partial charge is 0.466 e. The van der Waals surface area contributed by atoms with Crippen molar-refractivity contribution >= 4 is 22.6 Å². The summed E-state index contributed by atoms with van der Waals surface area (Å²) in [5, 5.41) is 1.16. The van der Waals surface area contributed by atoms with Gasteiger partial charge in [-0.2, -0.15) is 0 Å². The third-order valence-electron chi connectivity index (χ3n) is 4.07. The molecule has 110 valence electrons. The molecule has 0 bridgehead atoms. The molecule has 0 atom stereocenters. The smallest absolute Gasteiger partial charge is 0.309 e. The van der Waals surface area contributed by atoms with E-state index in [1.807, 2.05) is 19.2 Å². The van der Waals surface area contributed by atoms with Gasteiger partial charge in [-0.05, 0) is 31.9 Å². The molecule has 4 heteroatoms. The Morgan fingerprint density at radius 1 is 1.29 bits per heavy atom. The Morgan fingerprint density at radius 2 is 2.05 bits per heavy atom. The van der Waals surface area contributed by atoms with Crippen LogP contribution in [0.25, 0.3) is 10.9 Å². The summed E-state index contributed by atoms with van der Waals surface area (Å²) in [6.45, 7) is 4.07. The lowest BCUT2D eigenvalue weighted by molar-refractivity contribution is -0.148. The van der Waals surface area contributed by atoms with Gasteiger partial charge in [0.25, 0.3) is 0 Å². The van der Waals surface area contributed by atoms with Crippen molar-refractivity contribution in [3.05, 3.63) is 36.5 Å². The summed E-state index contributed by atoms with van der Waals surface area (Å²) in [4.78, 5) is 18.6. The van der Waals surface area contributed by atoms with E-state index in [2.05, 4.69) is 34.1 Å².